The van der Waals surface area contributed by atoms with E-state index in [2.05, 4.69) is 4.72 Å². The zero-order valence-corrected chi connectivity index (χ0v) is 14.4. The molecule has 2 rings (SSSR count). The highest BCUT2D eigenvalue weighted by Gasteiger charge is 2.18. The number of hydrogen-bond acceptors (Lipinski definition) is 4. The molecule has 22 heavy (non-hydrogen) atoms. The first-order valence-electron chi connectivity index (χ1n) is 7.13. The van der Waals surface area contributed by atoms with E-state index in [1.54, 1.807) is 6.07 Å². The standard InChI is InChI=1S/C14H19Cl2NO4S/c15-11-4-5-13(16)14(9-11)22(18,19)17-6-2-7-20-10-12-3-1-8-21-12/h4-5,9,12,17H,1-3,6-8,10H2. The molecule has 1 aromatic carbocycles. The van der Waals surface area contributed by atoms with Crippen molar-refractivity contribution in [1.82, 2.24) is 4.72 Å². The average molecular weight is 368 g/mol. The van der Waals surface area contributed by atoms with Crippen molar-refractivity contribution < 1.29 is 17.9 Å². The minimum atomic E-state index is -3.66. The van der Waals surface area contributed by atoms with Gasteiger partial charge in [-0.3, -0.25) is 0 Å². The van der Waals surface area contributed by atoms with Gasteiger partial charge in [0.25, 0.3) is 0 Å². The lowest BCUT2D eigenvalue weighted by Gasteiger charge is -2.11. The van der Waals surface area contributed by atoms with E-state index in [0.29, 0.717) is 24.7 Å². The van der Waals surface area contributed by atoms with Gasteiger partial charge in [-0.1, -0.05) is 23.2 Å². The lowest BCUT2D eigenvalue weighted by atomic mass is 10.2. The number of halogens is 2. The molecule has 0 spiro atoms. The first-order valence-corrected chi connectivity index (χ1v) is 9.37. The van der Waals surface area contributed by atoms with Crippen LogP contribution in [0.4, 0.5) is 0 Å². The predicted octanol–water partition coefficient (Wildman–Crippen LogP) is 2.86. The van der Waals surface area contributed by atoms with Crippen molar-refractivity contribution in [1.29, 1.82) is 0 Å². The third-order valence-electron chi connectivity index (χ3n) is 3.27. The molecule has 8 heteroatoms. The van der Waals surface area contributed by atoms with Gasteiger partial charge in [-0.25, -0.2) is 13.1 Å². The van der Waals surface area contributed by atoms with Crippen molar-refractivity contribution >= 4 is 33.2 Å². The number of benzene rings is 1. The van der Waals surface area contributed by atoms with Gasteiger partial charge >= 0.3 is 0 Å². The highest BCUT2D eigenvalue weighted by Crippen LogP contribution is 2.24. The molecule has 0 radical (unpaired) electrons. The summed E-state index contributed by atoms with van der Waals surface area (Å²) in [4.78, 5) is -0.0121. The molecule has 1 atom stereocenters. The van der Waals surface area contributed by atoms with Crippen molar-refractivity contribution in [2.75, 3.05) is 26.4 Å². The van der Waals surface area contributed by atoms with Gasteiger partial charge in [-0.2, -0.15) is 0 Å². The quantitative estimate of drug-likeness (QED) is 0.717. The fourth-order valence-electron chi connectivity index (χ4n) is 2.13. The Hall–Kier alpha value is -0.370. The van der Waals surface area contributed by atoms with Gasteiger partial charge in [0, 0.05) is 24.8 Å². The van der Waals surface area contributed by atoms with E-state index in [1.165, 1.54) is 12.1 Å². The molecule has 1 saturated heterocycles. The molecule has 0 amide bonds. The maximum absolute atomic E-state index is 12.1. The normalized spacial score (nSPS) is 18.7. The minimum Gasteiger partial charge on any atom is -0.379 e. The predicted molar refractivity (Wildman–Crippen MR) is 86.1 cm³/mol. The Morgan fingerprint density at radius 1 is 1.36 bits per heavy atom. The summed E-state index contributed by atoms with van der Waals surface area (Å²) in [5.74, 6) is 0. The van der Waals surface area contributed by atoms with Crippen LogP contribution in [0.15, 0.2) is 23.1 Å². The van der Waals surface area contributed by atoms with Gasteiger partial charge in [-0.15, -0.1) is 0 Å². The molecule has 0 aromatic heterocycles. The monoisotopic (exact) mass is 367 g/mol. The number of ether oxygens (including phenoxy) is 2. The summed E-state index contributed by atoms with van der Waals surface area (Å²) in [6.07, 6.45) is 2.86. The zero-order chi connectivity index (χ0) is 16.0. The van der Waals surface area contributed by atoms with Crippen LogP contribution < -0.4 is 4.72 Å². The molecule has 124 valence electrons. The van der Waals surface area contributed by atoms with Gasteiger partial charge in [0.1, 0.15) is 4.90 Å². The average Bonchev–Trinajstić information content (AvgIpc) is 2.98. The van der Waals surface area contributed by atoms with E-state index in [0.717, 1.165) is 19.4 Å². The van der Waals surface area contributed by atoms with Crippen LogP contribution in [-0.4, -0.2) is 40.9 Å². The van der Waals surface area contributed by atoms with E-state index in [1.807, 2.05) is 0 Å². The first kappa shape index (κ1) is 18.0. The Bertz CT molecular complexity index is 589. The Morgan fingerprint density at radius 2 is 2.18 bits per heavy atom. The molecule has 1 unspecified atom stereocenters. The number of hydrogen-bond donors (Lipinski definition) is 1. The Kier molecular flexibility index (Phi) is 6.92. The number of nitrogens with one attached hydrogen (secondary N) is 1. The van der Waals surface area contributed by atoms with Crippen LogP contribution in [0.25, 0.3) is 0 Å². The summed E-state index contributed by atoms with van der Waals surface area (Å²) in [5, 5.41) is 0.469. The van der Waals surface area contributed by atoms with E-state index in [4.69, 9.17) is 32.7 Å². The molecule has 0 aliphatic carbocycles. The maximum Gasteiger partial charge on any atom is 0.242 e. The van der Waals surface area contributed by atoms with Crippen molar-refractivity contribution in [3.05, 3.63) is 28.2 Å². The van der Waals surface area contributed by atoms with Crippen LogP contribution in [-0.2, 0) is 19.5 Å². The molecule has 1 aliphatic heterocycles. The van der Waals surface area contributed by atoms with Crippen molar-refractivity contribution in [3.8, 4) is 0 Å². The second-order valence-electron chi connectivity index (χ2n) is 5.04. The number of sulfonamides is 1. The van der Waals surface area contributed by atoms with E-state index < -0.39 is 10.0 Å². The smallest absolute Gasteiger partial charge is 0.242 e. The lowest BCUT2D eigenvalue weighted by Crippen LogP contribution is -2.26. The molecule has 5 nitrogen and oxygen atoms in total. The van der Waals surface area contributed by atoms with E-state index in [-0.39, 0.29) is 22.6 Å². The molecular formula is C14H19Cl2NO4S. The fourth-order valence-corrected chi connectivity index (χ4v) is 3.97. The SMILES string of the molecule is O=S(=O)(NCCCOCC1CCCO1)c1cc(Cl)ccc1Cl. The highest BCUT2D eigenvalue weighted by atomic mass is 35.5. The molecule has 1 aromatic rings. The first-order chi connectivity index (χ1) is 10.5. The van der Waals surface area contributed by atoms with Crippen LogP contribution in [0, 0.1) is 0 Å². The van der Waals surface area contributed by atoms with E-state index in [9.17, 15) is 8.42 Å². The second kappa shape index (κ2) is 8.47. The number of rotatable bonds is 8. The maximum atomic E-state index is 12.1. The molecule has 1 aliphatic rings. The summed E-state index contributed by atoms with van der Waals surface area (Å²) >= 11 is 11.7. The van der Waals surface area contributed by atoms with Crippen molar-refractivity contribution in [3.63, 3.8) is 0 Å². The van der Waals surface area contributed by atoms with Crippen LogP contribution in [0.3, 0.4) is 0 Å². The zero-order valence-electron chi connectivity index (χ0n) is 12.1. The Balaban J connectivity index is 1.72. The van der Waals surface area contributed by atoms with Gasteiger partial charge in [0.2, 0.25) is 10.0 Å². The largest absolute Gasteiger partial charge is 0.379 e. The molecule has 0 saturated carbocycles. The molecule has 1 fully saturated rings. The Labute approximate surface area is 140 Å². The van der Waals surface area contributed by atoms with Gasteiger partial charge in [0.05, 0.1) is 17.7 Å². The highest BCUT2D eigenvalue weighted by molar-refractivity contribution is 7.89. The summed E-state index contributed by atoms with van der Waals surface area (Å²) in [5.41, 5.74) is 0. The lowest BCUT2D eigenvalue weighted by molar-refractivity contribution is 0.0169. The minimum absolute atomic E-state index is 0.0121. The van der Waals surface area contributed by atoms with Crippen LogP contribution in [0.2, 0.25) is 10.0 Å². The van der Waals surface area contributed by atoms with Gasteiger partial charge in [-0.05, 0) is 37.5 Å². The third-order valence-corrected chi connectivity index (χ3v) is 5.45. The van der Waals surface area contributed by atoms with Crippen LogP contribution in [0.5, 0.6) is 0 Å². The third kappa shape index (κ3) is 5.37. The molecule has 1 N–H and O–H groups in total. The topological polar surface area (TPSA) is 64.6 Å². The summed E-state index contributed by atoms with van der Waals surface area (Å²) < 4.78 is 37.7. The van der Waals surface area contributed by atoms with Crippen LogP contribution >= 0.6 is 23.2 Å². The fraction of sp³-hybridized carbons (Fsp3) is 0.571. The van der Waals surface area contributed by atoms with Gasteiger partial charge in [0.15, 0.2) is 0 Å². The van der Waals surface area contributed by atoms with Crippen molar-refractivity contribution in [2.45, 2.75) is 30.3 Å². The molecular weight excluding hydrogens is 349 g/mol. The Morgan fingerprint density at radius 3 is 2.91 bits per heavy atom. The molecule has 1 heterocycles. The van der Waals surface area contributed by atoms with E-state index >= 15 is 0 Å². The summed E-state index contributed by atoms with van der Waals surface area (Å²) in [6, 6.07) is 4.34. The summed E-state index contributed by atoms with van der Waals surface area (Å²) in [6.45, 7) is 2.11. The summed E-state index contributed by atoms with van der Waals surface area (Å²) in [7, 11) is -3.66. The van der Waals surface area contributed by atoms with Crippen molar-refractivity contribution in [2.24, 2.45) is 0 Å². The van der Waals surface area contributed by atoms with Crippen LogP contribution in [0.1, 0.15) is 19.3 Å². The van der Waals surface area contributed by atoms with Gasteiger partial charge < -0.3 is 9.47 Å². The second-order valence-corrected chi connectivity index (χ2v) is 7.62. The molecule has 0 bridgehead atoms.